The molecule has 0 atom stereocenters. The van der Waals surface area contributed by atoms with Crippen LogP contribution in [0, 0.1) is 6.92 Å². The zero-order valence-electron chi connectivity index (χ0n) is 14.3. The van der Waals surface area contributed by atoms with Gasteiger partial charge in [0.1, 0.15) is 0 Å². The van der Waals surface area contributed by atoms with Crippen LogP contribution in [0.2, 0.25) is 0 Å². The Hall–Kier alpha value is -3.26. The summed E-state index contributed by atoms with van der Waals surface area (Å²) in [6.07, 6.45) is 0. The molecule has 0 unspecified atom stereocenters. The van der Waals surface area contributed by atoms with Gasteiger partial charge in [0, 0.05) is 23.7 Å². The molecule has 0 spiro atoms. The smallest absolute Gasteiger partial charge is 0.269 e. The van der Waals surface area contributed by atoms with Crippen LogP contribution >= 0.6 is 12.2 Å². The van der Waals surface area contributed by atoms with Crippen LogP contribution in [0.3, 0.4) is 0 Å². The van der Waals surface area contributed by atoms with E-state index < -0.39 is 5.91 Å². The minimum Gasteiger partial charge on any atom is -0.326 e. The Kier molecular flexibility index (Phi) is 6.40. The highest BCUT2D eigenvalue weighted by atomic mass is 32.1. The molecule has 0 aromatic heterocycles. The number of nitrogens with one attached hydrogen (secondary N) is 4. The second-order valence-electron chi connectivity index (χ2n) is 5.49. The summed E-state index contributed by atoms with van der Waals surface area (Å²) >= 11 is 4.99. The van der Waals surface area contributed by atoms with E-state index in [-0.39, 0.29) is 16.9 Å². The van der Waals surface area contributed by atoms with Crippen LogP contribution < -0.4 is 21.5 Å². The van der Waals surface area contributed by atoms with Gasteiger partial charge in [-0.05, 0) is 55.5 Å². The van der Waals surface area contributed by atoms with Gasteiger partial charge in [0.2, 0.25) is 5.91 Å². The first kappa shape index (κ1) is 19.1. The molecule has 0 radical (unpaired) electrons. The normalized spacial score (nSPS) is 9.77. The second kappa shape index (κ2) is 8.72. The number of benzene rings is 2. The van der Waals surface area contributed by atoms with Crippen LogP contribution in [0.1, 0.15) is 33.2 Å². The molecule has 26 heavy (non-hydrogen) atoms. The number of hydrogen-bond donors (Lipinski definition) is 4. The molecular formula is C18H18N4O3S. The lowest BCUT2D eigenvalue weighted by Crippen LogP contribution is -2.48. The van der Waals surface area contributed by atoms with Crippen molar-refractivity contribution in [2.24, 2.45) is 0 Å². The minimum atomic E-state index is -0.438. The Labute approximate surface area is 156 Å². The fourth-order valence-corrected chi connectivity index (χ4v) is 2.23. The summed E-state index contributed by atoms with van der Waals surface area (Å²) in [4.78, 5) is 35.1. The molecule has 4 N–H and O–H groups in total. The van der Waals surface area contributed by atoms with Gasteiger partial charge in [0.25, 0.3) is 11.8 Å². The summed E-state index contributed by atoms with van der Waals surface area (Å²) in [5.41, 5.74) is 7.23. The van der Waals surface area contributed by atoms with Crippen LogP contribution in [-0.2, 0) is 4.79 Å². The van der Waals surface area contributed by atoms with Gasteiger partial charge < -0.3 is 5.32 Å². The number of aryl methyl sites for hydroxylation is 1. The number of thiocarbonyl (C=S) groups is 1. The Morgan fingerprint density at radius 3 is 2.19 bits per heavy atom. The van der Waals surface area contributed by atoms with Gasteiger partial charge in [-0.2, -0.15) is 0 Å². The quantitative estimate of drug-likeness (QED) is 0.489. The molecule has 0 aliphatic heterocycles. The van der Waals surface area contributed by atoms with Gasteiger partial charge in [0.05, 0.1) is 0 Å². The topological polar surface area (TPSA) is 99.3 Å². The van der Waals surface area contributed by atoms with Crippen molar-refractivity contribution in [1.82, 2.24) is 16.2 Å². The van der Waals surface area contributed by atoms with Gasteiger partial charge in [-0.1, -0.05) is 17.7 Å². The molecule has 0 aliphatic rings. The summed E-state index contributed by atoms with van der Waals surface area (Å²) in [5, 5.41) is 5.06. The molecule has 2 aromatic rings. The van der Waals surface area contributed by atoms with E-state index in [0.29, 0.717) is 16.8 Å². The molecule has 8 heteroatoms. The molecule has 2 rings (SSSR count). The van der Waals surface area contributed by atoms with Crippen LogP contribution in [0.4, 0.5) is 5.69 Å². The highest BCUT2D eigenvalue weighted by molar-refractivity contribution is 7.80. The van der Waals surface area contributed by atoms with E-state index in [1.54, 1.807) is 42.5 Å². The van der Waals surface area contributed by atoms with Crippen LogP contribution in [0.15, 0.2) is 48.5 Å². The molecule has 0 aliphatic carbocycles. The summed E-state index contributed by atoms with van der Waals surface area (Å²) in [5.74, 6) is -1.01. The van der Waals surface area contributed by atoms with E-state index in [9.17, 15) is 14.4 Å². The number of hydrazine groups is 1. The number of rotatable bonds is 3. The molecule has 0 fully saturated rings. The largest absolute Gasteiger partial charge is 0.326 e. The molecule has 2 aromatic carbocycles. The van der Waals surface area contributed by atoms with Crippen molar-refractivity contribution < 1.29 is 14.4 Å². The molecule has 134 valence electrons. The third-order valence-electron chi connectivity index (χ3n) is 3.26. The summed E-state index contributed by atoms with van der Waals surface area (Å²) in [6.45, 7) is 3.28. The first-order valence-electron chi connectivity index (χ1n) is 7.71. The highest BCUT2D eigenvalue weighted by Gasteiger charge is 2.10. The summed E-state index contributed by atoms with van der Waals surface area (Å²) in [7, 11) is 0. The Bertz CT molecular complexity index is 850. The predicted octanol–water partition coefficient (Wildman–Crippen LogP) is 1.90. The van der Waals surface area contributed by atoms with E-state index in [1.165, 1.54) is 6.92 Å². The second-order valence-corrected chi connectivity index (χ2v) is 5.90. The average Bonchev–Trinajstić information content (AvgIpc) is 2.59. The van der Waals surface area contributed by atoms with Crippen molar-refractivity contribution in [3.8, 4) is 0 Å². The minimum absolute atomic E-state index is 0.0280. The molecule has 0 saturated carbocycles. The molecule has 3 amide bonds. The Morgan fingerprint density at radius 2 is 1.58 bits per heavy atom. The molecule has 0 bridgehead atoms. The Balaban J connectivity index is 1.85. The zero-order chi connectivity index (χ0) is 19.1. The van der Waals surface area contributed by atoms with E-state index in [0.717, 1.165) is 5.56 Å². The standard InChI is InChI=1S/C18H18N4O3S/c1-11-4-3-5-14(10-11)16(24)20-18(26)22-21-17(25)13-6-8-15(9-7-13)19-12(2)23/h3-10H,1-2H3,(H,19,23)(H,21,25)(H2,20,22,24,26). The first-order valence-corrected chi connectivity index (χ1v) is 8.12. The average molecular weight is 370 g/mol. The number of carbonyl (C=O) groups excluding carboxylic acids is 3. The van der Waals surface area contributed by atoms with E-state index in [1.807, 2.05) is 13.0 Å². The first-order chi connectivity index (χ1) is 12.3. The van der Waals surface area contributed by atoms with Crippen LogP contribution in [0.5, 0.6) is 0 Å². The van der Waals surface area contributed by atoms with Crippen molar-refractivity contribution in [2.75, 3.05) is 5.32 Å². The van der Waals surface area contributed by atoms with Crippen molar-refractivity contribution >= 4 is 40.7 Å². The third kappa shape index (κ3) is 5.67. The van der Waals surface area contributed by atoms with E-state index >= 15 is 0 Å². The van der Waals surface area contributed by atoms with Gasteiger partial charge in [0.15, 0.2) is 5.11 Å². The van der Waals surface area contributed by atoms with Crippen molar-refractivity contribution in [3.05, 3.63) is 65.2 Å². The molecule has 0 heterocycles. The predicted molar refractivity (Wildman–Crippen MR) is 103 cm³/mol. The fourth-order valence-electron chi connectivity index (χ4n) is 2.09. The number of carbonyl (C=O) groups is 3. The van der Waals surface area contributed by atoms with Gasteiger partial charge in [-0.3, -0.25) is 30.6 Å². The monoisotopic (exact) mass is 370 g/mol. The fraction of sp³-hybridized carbons (Fsp3) is 0.111. The van der Waals surface area contributed by atoms with Crippen molar-refractivity contribution in [2.45, 2.75) is 13.8 Å². The highest BCUT2D eigenvalue weighted by Crippen LogP contribution is 2.09. The van der Waals surface area contributed by atoms with E-state index in [2.05, 4.69) is 21.5 Å². The maximum atomic E-state index is 12.1. The maximum absolute atomic E-state index is 12.1. The van der Waals surface area contributed by atoms with Crippen LogP contribution in [-0.4, -0.2) is 22.8 Å². The number of hydrogen-bond acceptors (Lipinski definition) is 4. The van der Waals surface area contributed by atoms with Crippen molar-refractivity contribution in [1.29, 1.82) is 0 Å². The molecule has 7 nitrogen and oxygen atoms in total. The Morgan fingerprint density at radius 1 is 0.885 bits per heavy atom. The van der Waals surface area contributed by atoms with Gasteiger partial charge in [-0.15, -0.1) is 0 Å². The van der Waals surface area contributed by atoms with E-state index in [4.69, 9.17) is 12.2 Å². The summed E-state index contributed by atoms with van der Waals surface area (Å²) in [6, 6.07) is 13.4. The lowest BCUT2D eigenvalue weighted by atomic mass is 10.1. The SMILES string of the molecule is CC(=O)Nc1ccc(C(=O)NNC(=S)NC(=O)c2cccc(C)c2)cc1. The molecule has 0 saturated heterocycles. The third-order valence-corrected chi connectivity index (χ3v) is 3.47. The van der Waals surface area contributed by atoms with Crippen LogP contribution in [0.25, 0.3) is 0 Å². The lowest BCUT2D eigenvalue weighted by Gasteiger charge is -2.11. The van der Waals surface area contributed by atoms with Gasteiger partial charge >= 0.3 is 0 Å². The zero-order valence-corrected chi connectivity index (χ0v) is 15.1. The van der Waals surface area contributed by atoms with Gasteiger partial charge in [-0.25, -0.2) is 0 Å². The molecular weight excluding hydrogens is 352 g/mol. The number of amides is 3. The number of anilines is 1. The van der Waals surface area contributed by atoms with Crippen molar-refractivity contribution in [3.63, 3.8) is 0 Å². The lowest BCUT2D eigenvalue weighted by molar-refractivity contribution is -0.114. The summed E-state index contributed by atoms with van der Waals surface area (Å²) < 4.78 is 0. The maximum Gasteiger partial charge on any atom is 0.269 e.